The van der Waals surface area contributed by atoms with Crippen LogP contribution in [0.5, 0.6) is 0 Å². The van der Waals surface area contributed by atoms with Crippen molar-refractivity contribution < 1.29 is 9.59 Å². The van der Waals surface area contributed by atoms with Crippen LogP contribution in [-0.4, -0.2) is 30.2 Å². The largest absolute Gasteiger partial charge is 0.370 e. The Hall–Kier alpha value is -1.59. The van der Waals surface area contributed by atoms with E-state index in [0.717, 1.165) is 25.7 Å². The second kappa shape index (κ2) is 17.8. The predicted molar refractivity (Wildman–Crippen MR) is 114 cm³/mol. The monoisotopic (exact) mass is 382 g/mol. The maximum atomic E-state index is 12.6. The fourth-order valence-corrected chi connectivity index (χ4v) is 3.05. The first kappa shape index (κ1) is 25.4. The van der Waals surface area contributed by atoms with Crippen LogP contribution in [0.15, 0.2) is 4.99 Å². The number of hydrogen-bond donors (Lipinski definition) is 3. The van der Waals surface area contributed by atoms with E-state index in [1.807, 2.05) is 0 Å². The third kappa shape index (κ3) is 16.3. The van der Waals surface area contributed by atoms with Gasteiger partial charge in [0.15, 0.2) is 11.7 Å². The number of guanidine groups is 1. The van der Waals surface area contributed by atoms with Gasteiger partial charge in [-0.2, -0.15) is 0 Å². The zero-order valence-electron chi connectivity index (χ0n) is 17.6. The van der Waals surface area contributed by atoms with Gasteiger partial charge in [0.1, 0.15) is 0 Å². The quantitative estimate of drug-likeness (QED) is 0.190. The molecule has 0 radical (unpaired) electrons. The van der Waals surface area contributed by atoms with Gasteiger partial charge in [-0.25, -0.2) is 0 Å². The number of ketones is 1. The Morgan fingerprint density at radius 2 is 1.37 bits per heavy atom. The highest BCUT2D eigenvalue weighted by atomic mass is 16.2. The molecule has 1 atom stereocenters. The second-order valence-corrected chi connectivity index (χ2v) is 7.36. The van der Waals surface area contributed by atoms with Crippen LogP contribution in [0.2, 0.25) is 0 Å². The number of carbonyl (C=O) groups is 2. The Labute approximate surface area is 165 Å². The van der Waals surface area contributed by atoms with E-state index in [9.17, 15) is 9.59 Å². The van der Waals surface area contributed by atoms with E-state index in [0.29, 0.717) is 32.2 Å². The van der Waals surface area contributed by atoms with Crippen LogP contribution in [0.4, 0.5) is 0 Å². The lowest BCUT2D eigenvalue weighted by Gasteiger charge is -2.17. The smallest absolute Gasteiger partial charge is 0.220 e. The minimum absolute atomic E-state index is 0.0160. The van der Waals surface area contributed by atoms with Gasteiger partial charge in [0.05, 0.1) is 6.04 Å². The Bertz CT molecular complexity index is 420. The van der Waals surface area contributed by atoms with E-state index < -0.39 is 6.04 Å². The van der Waals surface area contributed by atoms with Gasteiger partial charge in [0.2, 0.25) is 5.91 Å². The van der Waals surface area contributed by atoms with Crippen molar-refractivity contribution in [2.24, 2.45) is 16.5 Å². The topological polar surface area (TPSA) is 111 Å². The van der Waals surface area contributed by atoms with E-state index in [-0.39, 0.29) is 17.6 Å². The molecule has 0 rings (SSSR count). The summed E-state index contributed by atoms with van der Waals surface area (Å²) in [5, 5.41) is 2.95. The maximum Gasteiger partial charge on any atom is 0.220 e. The molecule has 0 saturated heterocycles. The number of nitrogens with zero attached hydrogens (tertiary/aromatic N) is 1. The Morgan fingerprint density at radius 1 is 0.815 bits per heavy atom. The molecule has 0 aromatic rings. The average molecular weight is 383 g/mol. The molecule has 0 aliphatic rings. The number of nitrogens with one attached hydrogen (secondary N) is 1. The molecule has 0 heterocycles. The van der Waals surface area contributed by atoms with Crippen molar-refractivity contribution in [2.45, 2.75) is 110 Å². The highest BCUT2D eigenvalue weighted by Gasteiger charge is 2.19. The average Bonchev–Trinajstić information content (AvgIpc) is 2.63. The summed E-state index contributed by atoms with van der Waals surface area (Å²) >= 11 is 0. The molecule has 6 heteroatoms. The molecule has 0 aliphatic carbocycles. The Morgan fingerprint density at radius 3 is 1.93 bits per heavy atom. The number of carbonyl (C=O) groups excluding carboxylic acids is 2. The summed E-state index contributed by atoms with van der Waals surface area (Å²) in [5.41, 5.74) is 10.7. The summed E-state index contributed by atoms with van der Waals surface area (Å²) in [7, 11) is 0. The number of hydrogen-bond acceptors (Lipinski definition) is 3. The molecular weight excluding hydrogens is 340 g/mol. The SMILES string of the molecule is CCCCCCCC(=O)NC(CCCN=C(N)N)C(=O)CCCCCCC. The molecule has 5 N–H and O–H groups in total. The van der Waals surface area contributed by atoms with Crippen LogP contribution in [0.25, 0.3) is 0 Å². The summed E-state index contributed by atoms with van der Waals surface area (Å²) in [4.78, 5) is 28.7. The van der Waals surface area contributed by atoms with Crippen molar-refractivity contribution in [2.75, 3.05) is 6.54 Å². The standard InChI is InChI=1S/C21H42N4O2/c1-3-5-7-9-11-15-19(26)18(14-13-17-24-21(22)23)25-20(27)16-12-10-8-6-4-2/h18H,3-17H2,1-2H3,(H,25,27)(H4,22,23,24). The highest BCUT2D eigenvalue weighted by molar-refractivity contribution is 5.89. The first-order valence-electron chi connectivity index (χ1n) is 10.9. The van der Waals surface area contributed by atoms with Crippen LogP contribution >= 0.6 is 0 Å². The fourth-order valence-electron chi connectivity index (χ4n) is 3.05. The molecule has 0 saturated carbocycles. The van der Waals surface area contributed by atoms with Crippen LogP contribution in [0.3, 0.4) is 0 Å². The van der Waals surface area contributed by atoms with E-state index in [1.165, 1.54) is 38.5 Å². The minimum atomic E-state index is -0.409. The molecular formula is C21H42N4O2. The molecule has 27 heavy (non-hydrogen) atoms. The van der Waals surface area contributed by atoms with Crippen LogP contribution in [0.1, 0.15) is 104 Å². The number of rotatable bonds is 18. The van der Waals surface area contributed by atoms with Gasteiger partial charge in [-0.3, -0.25) is 14.6 Å². The van der Waals surface area contributed by atoms with Gasteiger partial charge in [-0.15, -0.1) is 0 Å². The first-order chi connectivity index (χ1) is 13.0. The molecule has 158 valence electrons. The zero-order chi connectivity index (χ0) is 20.3. The molecule has 0 aliphatic heterocycles. The summed E-state index contributed by atoms with van der Waals surface area (Å²) in [6.07, 6.45) is 13.4. The molecule has 0 bridgehead atoms. The second-order valence-electron chi connectivity index (χ2n) is 7.36. The molecule has 1 amide bonds. The number of aliphatic imine (C=N–C) groups is 1. The Balaban J connectivity index is 4.34. The van der Waals surface area contributed by atoms with Crippen molar-refractivity contribution in [3.05, 3.63) is 0 Å². The van der Waals surface area contributed by atoms with Gasteiger partial charge in [0, 0.05) is 19.4 Å². The summed E-state index contributed by atoms with van der Waals surface area (Å²) in [5.74, 6) is 0.179. The van der Waals surface area contributed by atoms with Crippen molar-refractivity contribution >= 4 is 17.6 Å². The number of unbranched alkanes of at least 4 members (excludes halogenated alkanes) is 8. The Kier molecular flexibility index (Phi) is 16.8. The summed E-state index contributed by atoms with van der Waals surface area (Å²) < 4.78 is 0. The third-order valence-electron chi connectivity index (χ3n) is 4.70. The molecule has 0 aromatic heterocycles. The van der Waals surface area contributed by atoms with Crippen molar-refractivity contribution in [1.82, 2.24) is 5.32 Å². The third-order valence-corrected chi connectivity index (χ3v) is 4.70. The van der Waals surface area contributed by atoms with E-state index in [2.05, 4.69) is 24.2 Å². The van der Waals surface area contributed by atoms with E-state index in [1.54, 1.807) is 0 Å². The number of amides is 1. The van der Waals surface area contributed by atoms with Crippen molar-refractivity contribution in [1.29, 1.82) is 0 Å². The number of nitrogens with two attached hydrogens (primary N) is 2. The van der Waals surface area contributed by atoms with Crippen molar-refractivity contribution in [3.63, 3.8) is 0 Å². The van der Waals surface area contributed by atoms with Gasteiger partial charge < -0.3 is 16.8 Å². The summed E-state index contributed by atoms with van der Waals surface area (Å²) in [6, 6.07) is -0.409. The lowest BCUT2D eigenvalue weighted by Crippen LogP contribution is -2.40. The maximum absolute atomic E-state index is 12.6. The molecule has 0 fully saturated rings. The molecule has 6 nitrogen and oxygen atoms in total. The number of Topliss-reactive ketones (excluding diaryl/α,β-unsaturated/α-hetero) is 1. The molecule has 1 unspecified atom stereocenters. The molecule has 0 aromatic carbocycles. The zero-order valence-corrected chi connectivity index (χ0v) is 17.6. The van der Waals surface area contributed by atoms with Gasteiger partial charge in [-0.1, -0.05) is 65.2 Å². The lowest BCUT2D eigenvalue weighted by atomic mass is 10.0. The minimum Gasteiger partial charge on any atom is -0.370 e. The fraction of sp³-hybridized carbons (Fsp3) is 0.857. The normalized spacial score (nSPS) is 11.8. The van der Waals surface area contributed by atoms with E-state index in [4.69, 9.17) is 11.5 Å². The lowest BCUT2D eigenvalue weighted by molar-refractivity contribution is -0.128. The molecule has 0 spiro atoms. The van der Waals surface area contributed by atoms with Crippen LogP contribution in [-0.2, 0) is 9.59 Å². The first-order valence-corrected chi connectivity index (χ1v) is 10.9. The summed E-state index contributed by atoms with van der Waals surface area (Å²) in [6.45, 7) is 4.83. The highest BCUT2D eigenvalue weighted by Crippen LogP contribution is 2.10. The van der Waals surface area contributed by atoms with E-state index >= 15 is 0 Å². The van der Waals surface area contributed by atoms with Crippen LogP contribution in [0, 0.1) is 0 Å². The van der Waals surface area contributed by atoms with Gasteiger partial charge >= 0.3 is 0 Å². The van der Waals surface area contributed by atoms with Crippen LogP contribution < -0.4 is 16.8 Å². The van der Waals surface area contributed by atoms with Gasteiger partial charge in [-0.05, 0) is 25.7 Å². The van der Waals surface area contributed by atoms with Gasteiger partial charge in [0.25, 0.3) is 0 Å². The predicted octanol–water partition coefficient (Wildman–Crippen LogP) is 3.81. The van der Waals surface area contributed by atoms with Crippen molar-refractivity contribution in [3.8, 4) is 0 Å².